The number of nitrogens with two attached hydrogens (primary N) is 1. The van der Waals surface area contributed by atoms with E-state index in [0.29, 0.717) is 37.2 Å². The molecular weight excluding hydrogens is 320 g/mol. The van der Waals surface area contributed by atoms with Crippen LogP contribution in [-0.2, 0) is 16.1 Å². The first kappa shape index (κ1) is 18.3. The summed E-state index contributed by atoms with van der Waals surface area (Å²) in [5.41, 5.74) is 7.72. The van der Waals surface area contributed by atoms with Crippen LogP contribution in [0.4, 0.5) is 5.69 Å². The second kappa shape index (κ2) is 9.32. The molecule has 0 aromatic heterocycles. The third-order valence-corrected chi connectivity index (χ3v) is 3.55. The number of nitrogen functional groups attached to an aromatic ring is 1. The third-order valence-electron chi connectivity index (χ3n) is 3.55. The fourth-order valence-corrected chi connectivity index (χ4v) is 2.18. The van der Waals surface area contributed by atoms with E-state index >= 15 is 0 Å². The summed E-state index contributed by atoms with van der Waals surface area (Å²) in [5, 5.41) is 2.85. The molecular formula is C19H22N2O4. The first-order valence-electron chi connectivity index (χ1n) is 8.01. The van der Waals surface area contributed by atoms with Gasteiger partial charge in [0.05, 0.1) is 13.7 Å². The maximum Gasteiger partial charge on any atom is 0.305 e. The van der Waals surface area contributed by atoms with Crippen molar-refractivity contribution in [2.75, 3.05) is 19.5 Å². The molecule has 0 fully saturated rings. The van der Waals surface area contributed by atoms with Gasteiger partial charge in [0.2, 0.25) is 0 Å². The summed E-state index contributed by atoms with van der Waals surface area (Å²) in [7, 11) is 1.37. The lowest BCUT2D eigenvalue weighted by Gasteiger charge is -2.08. The molecule has 0 aliphatic rings. The molecule has 0 aliphatic carbocycles. The van der Waals surface area contributed by atoms with Gasteiger partial charge in [-0.3, -0.25) is 9.59 Å². The summed E-state index contributed by atoms with van der Waals surface area (Å²) in [6.45, 7) is 0.858. The fourth-order valence-electron chi connectivity index (χ4n) is 2.18. The van der Waals surface area contributed by atoms with Gasteiger partial charge in [-0.2, -0.15) is 0 Å². The SMILES string of the molecule is COC(=O)CCCOc1ccc(CNC(=O)c2cccc(N)c2)cc1. The maximum absolute atomic E-state index is 12.1. The largest absolute Gasteiger partial charge is 0.494 e. The van der Waals surface area contributed by atoms with E-state index in [1.165, 1.54) is 7.11 Å². The average molecular weight is 342 g/mol. The summed E-state index contributed by atoms with van der Waals surface area (Å²) < 4.78 is 10.1. The normalized spacial score (nSPS) is 10.1. The van der Waals surface area contributed by atoms with Gasteiger partial charge in [0, 0.05) is 24.2 Å². The standard InChI is InChI=1S/C19H22N2O4/c1-24-18(22)6-3-11-25-17-9-7-14(8-10-17)13-21-19(23)15-4-2-5-16(20)12-15/h2,4-5,7-10,12H,3,6,11,13,20H2,1H3,(H,21,23). The number of hydrogen-bond donors (Lipinski definition) is 2. The Hall–Kier alpha value is -3.02. The molecule has 0 atom stereocenters. The highest BCUT2D eigenvalue weighted by molar-refractivity contribution is 5.94. The number of hydrogen-bond acceptors (Lipinski definition) is 5. The molecule has 0 spiro atoms. The van der Waals surface area contributed by atoms with E-state index in [1.54, 1.807) is 24.3 Å². The van der Waals surface area contributed by atoms with Gasteiger partial charge in [-0.1, -0.05) is 18.2 Å². The minimum atomic E-state index is -0.241. The van der Waals surface area contributed by atoms with Crippen LogP contribution in [0.2, 0.25) is 0 Å². The molecule has 0 saturated heterocycles. The Bertz CT molecular complexity index is 714. The Morgan fingerprint density at radius 3 is 2.56 bits per heavy atom. The van der Waals surface area contributed by atoms with Gasteiger partial charge in [-0.05, 0) is 42.3 Å². The molecule has 0 heterocycles. The van der Waals surface area contributed by atoms with Crippen molar-refractivity contribution in [3.05, 3.63) is 59.7 Å². The monoisotopic (exact) mass is 342 g/mol. The van der Waals surface area contributed by atoms with Gasteiger partial charge in [0.1, 0.15) is 5.75 Å². The van der Waals surface area contributed by atoms with Crippen LogP contribution in [0.5, 0.6) is 5.75 Å². The second-order valence-corrected chi connectivity index (χ2v) is 5.48. The second-order valence-electron chi connectivity index (χ2n) is 5.48. The molecule has 0 radical (unpaired) electrons. The minimum absolute atomic E-state index is 0.171. The topological polar surface area (TPSA) is 90.6 Å². The van der Waals surface area contributed by atoms with Crippen molar-refractivity contribution in [2.24, 2.45) is 0 Å². The van der Waals surface area contributed by atoms with Crippen molar-refractivity contribution in [3.63, 3.8) is 0 Å². The number of ether oxygens (including phenoxy) is 2. The molecule has 0 saturated carbocycles. The van der Waals surface area contributed by atoms with Crippen molar-refractivity contribution in [3.8, 4) is 5.75 Å². The highest BCUT2D eigenvalue weighted by Gasteiger charge is 2.05. The molecule has 6 nitrogen and oxygen atoms in total. The molecule has 3 N–H and O–H groups in total. The number of carbonyl (C=O) groups excluding carboxylic acids is 2. The van der Waals surface area contributed by atoms with Crippen molar-refractivity contribution < 1.29 is 19.1 Å². The van der Waals surface area contributed by atoms with Crippen LogP contribution in [0.1, 0.15) is 28.8 Å². The predicted molar refractivity (Wildman–Crippen MR) is 95.2 cm³/mol. The zero-order valence-corrected chi connectivity index (χ0v) is 14.2. The number of rotatable bonds is 8. The molecule has 2 aromatic carbocycles. The van der Waals surface area contributed by atoms with E-state index in [2.05, 4.69) is 10.1 Å². The van der Waals surface area contributed by atoms with Gasteiger partial charge < -0.3 is 20.5 Å². The number of methoxy groups -OCH3 is 1. The van der Waals surface area contributed by atoms with Crippen LogP contribution in [0.25, 0.3) is 0 Å². The van der Waals surface area contributed by atoms with E-state index in [1.807, 2.05) is 24.3 Å². The number of carbonyl (C=O) groups is 2. The smallest absolute Gasteiger partial charge is 0.305 e. The van der Waals surface area contributed by atoms with Gasteiger partial charge in [-0.15, -0.1) is 0 Å². The summed E-state index contributed by atoms with van der Waals surface area (Å²) in [4.78, 5) is 23.1. The molecule has 2 aromatic rings. The van der Waals surface area contributed by atoms with Gasteiger partial charge in [0.25, 0.3) is 5.91 Å². The molecule has 2 rings (SSSR count). The van der Waals surface area contributed by atoms with Gasteiger partial charge in [0.15, 0.2) is 0 Å². The van der Waals surface area contributed by atoms with E-state index in [0.717, 1.165) is 11.3 Å². The van der Waals surface area contributed by atoms with E-state index in [4.69, 9.17) is 10.5 Å². The summed E-state index contributed by atoms with van der Waals surface area (Å²) in [5.74, 6) is 0.307. The Kier molecular flexibility index (Phi) is 6.83. The lowest BCUT2D eigenvalue weighted by atomic mass is 10.1. The van der Waals surface area contributed by atoms with Crippen molar-refractivity contribution >= 4 is 17.6 Å². The highest BCUT2D eigenvalue weighted by Crippen LogP contribution is 2.13. The lowest BCUT2D eigenvalue weighted by molar-refractivity contribution is -0.140. The van der Waals surface area contributed by atoms with Gasteiger partial charge >= 0.3 is 5.97 Å². The number of esters is 1. The number of benzene rings is 2. The molecule has 25 heavy (non-hydrogen) atoms. The van der Waals surface area contributed by atoms with Gasteiger partial charge in [-0.25, -0.2) is 0 Å². The molecule has 132 valence electrons. The maximum atomic E-state index is 12.1. The van der Waals surface area contributed by atoms with Crippen LogP contribution in [0, 0.1) is 0 Å². The average Bonchev–Trinajstić information content (AvgIpc) is 2.64. The molecule has 0 aliphatic heterocycles. The molecule has 0 unspecified atom stereocenters. The van der Waals surface area contributed by atoms with Crippen LogP contribution in [0.15, 0.2) is 48.5 Å². The van der Waals surface area contributed by atoms with Crippen molar-refractivity contribution in [2.45, 2.75) is 19.4 Å². The molecule has 1 amide bonds. The number of nitrogens with one attached hydrogen (secondary N) is 1. The highest BCUT2D eigenvalue weighted by atomic mass is 16.5. The Morgan fingerprint density at radius 1 is 1.12 bits per heavy atom. The quantitative estimate of drug-likeness (QED) is 0.437. The first-order chi connectivity index (χ1) is 12.1. The fraction of sp³-hybridized carbons (Fsp3) is 0.263. The zero-order chi connectivity index (χ0) is 18.1. The van der Waals surface area contributed by atoms with Crippen LogP contribution < -0.4 is 15.8 Å². The van der Waals surface area contributed by atoms with Crippen molar-refractivity contribution in [1.82, 2.24) is 5.32 Å². The Balaban J connectivity index is 1.76. The number of anilines is 1. The third kappa shape index (κ3) is 6.18. The predicted octanol–water partition coefficient (Wildman–Crippen LogP) is 2.53. The van der Waals surface area contributed by atoms with E-state index in [9.17, 15) is 9.59 Å². The van der Waals surface area contributed by atoms with E-state index in [-0.39, 0.29) is 11.9 Å². The molecule has 6 heteroatoms. The lowest BCUT2D eigenvalue weighted by Crippen LogP contribution is -2.22. The van der Waals surface area contributed by atoms with Crippen molar-refractivity contribution in [1.29, 1.82) is 0 Å². The summed E-state index contributed by atoms with van der Waals surface area (Å²) in [6, 6.07) is 14.3. The first-order valence-corrected chi connectivity index (χ1v) is 8.01. The summed E-state index contributed by atoms with van der Waals surface area (Å²) >= 11 is 0. The Morgan fingerprint density at radius 2 is 1.88 bits per heavy atom. The molecule has 0 bridgehead atoms. The minimum Gasteiger partial charge on any atom is -0.494 e. The van der Waals surface area contributed by atoms with E-state index < -0.39 is 0 Å². The Labute approximate surface area is 146 Å². The number of amides is 1. The van der Waals surface area contributed by atoms with Crippen LogP contribution in [-0.4, -0.2) is 25.6 Å². The van der Waals surface area contributed by atoms with Crippen LogP contribution >= 0.6 is 0 Å². The summed E-state index contributed by atoms with van der Waals surface area (Å²) in [6.07, 6.45) is 0.940. The zero-order valence-electron chi connectivity index (χ0n) is 14.2. The van der Waals surface area contributed by atoms with Crippen LogP contribution in [0.3, 0.4) is 0 Å².